The van der Waals surface area contributed by atoms with E-state index in [2.05, 4.69) is 4.90 Å². The Bertz CT molecular complexity index is 623. The Morgan fingerprint density at radius 2 is 1.77 bits per heavy atom. The first-order valence-electron chi connectivity index (χ1n) is 9.29. The molecule has 0 unspecified atom stereocenters. The maximum atomic E-state index is 13.1. The minimum absolute atomic E-state index is 0.123. The topological polar surface area (TPSA) is 51.2 Å². The lowest BCUT2D eigenvalue weighted by molar-refractivity contribution is -0.187. The first-order chi connectivity index (χ1) is 12.6. The van der Waals surface area contributed by atoms with Crippen LogP contribution in [0.5, 0.6) is 0 Å². The number of ether oxygens (including phenoxy) is 3. The smallest absolute Gasteiger partial charge is 0.236 e. The van der Waals surface area contributed by atoms with Gasteiger partial charge in [0.1, 0.15) is 5.82 Å². The van der Waals surface area contributed by atoms with Gasteiger partial charge in [0.25, 0.3) is 0 Å². The molecule has 3 heterocycles. The summed E-state index contributed by atoms with van der Waals surface area (Å²) in [6.45, 7) is 4.96. The summed E-state index contributed by atoms with van der Waals surface area (Å²) in [5.41, 5.74) is 0.944. The van der Waals surface area contributed by atoms with Gasteiger partial charge in [-0.1, -0.05) is 12.1 Å². The van der Waals surface area contributed by atoms with Crippen LogP contribution in [0.3, 0.4) is 0 Å². The van der Waals surface area contributed by atoms with Gasteiger partial charge in [-0.3, -0.25) is 9.69 Å². The fourth-order valence-corrected chi connectivity index (χ4v) is 3.90. The van der Waals surface area contributed by atoms with Crippen LogP contribution in [0.25, 0.3) is 0 Å². The summed E-state index contributed by atoms with van der Waals surface area (Å²) in [6, 6.07) is 6.38. The van der Waals surface area contributed by atoms with Crippen LogP contribution < -0.4 is 0 Å². The van der Waals surface area contributed by atoms with E-state index in [-0.39, 0.29) is 17.8 Å². The summed E-state index contributed by atoms with van der Waals surface area (Å²) in [5.74, 6) is -0.573. The molecule has 26 heavy (non-hydrogen) atoms. The SMILES string of the molecule is O=C(CN1CCO[C@H](c2ccc(F)cc2)C1)N1CCC2(CC1)OCCO2. The van der Waals surface area contributed by atoms with Crippen LogP contribution >= 0.6 is 0 Å². The Morgan fingerprint density at radius 1 is 1.08 bits per heavy atom. The fraction of sp³-hybridized carbons (Fsp3) is 0.632. The lowest BCUT2D eigenvalue weighted by Gasteiger charge is -2.39. The van der Waals surface area contributed by atoms with E-state index in [4.69, 9.17) is 14.2 Å². The summed E-state index contributed by atoms with van der Waals surface area (Å²) in [4.78, 5) is 16.7. The van der Waals surface area contributed by atoms with Crippen molar-refractivity contribution in [3.63, 3.8) is 0 Å². The van der Waals surface area contributed by atoms with Crippen LogP contribution in [0.15, 0.2) is 24.3 Å². The Hall–Kier alpha value is -1.54. The summed E-state index contributed by atoms with van der Waals surface area (Å²) >= 11 is 0. The third-order valence-corrected chi connectivity index (χ3v) is 5.44. The van der Waals surface area contributed by atoms with Gasteiger partial charge in [0, 0.05) is 39.0 Å². The van der Waals surface area contributed by atoms with Gasteiger partial charge >= 0.3 is 0 Å². The summed E-state index contributed by atoms with van der Waals surface area (Å²) in [7, 11) is 0. The molecule has 0 bridgehead atoms. The largest absolute Gasteiger partial charge is 0.371 e. The zero-order valence-corrected chi connectivity index (χ0v) is 14.9. The molecule has 1 atom stereocenters. The maximum absolute atomic E-state index is 13.1. The molecule has 0 N–H and O–H groups in total. The first kappa shape index (κ1) is 17.9. The minimum Gasteiger partial charge on any atom is -0.371 e. The second-order valence-electron chi connectivity index (χ2n) is 7.13. The highest BCUT2D eigenvalue weighted by Crippen LogP contribution is 2.31. The third kappa shape index (κ3) is 3.91. The van der Waals surface area contributed by atoms with Crippen LogP contribution in [-0.2, 0) is 19.0 Å². The molecule has 6 nitrogen and oxygen atoms in total. The predicted molar refractivity (Wildman–Crippen MR) is 92.0 cm³/mol. The molecule has 1 amide bonds. The number of carbonyl (C=O) groups excluding carboxylic acids is 1. The normalized spacial score (nSPS) is 26.3. The van der Waals surface area contributed by atoms with Gasteiger partial charge in [0.05, 0.1) is 32.5 Å². The van der Waals surface area contributed by atoms with E-state index in [9.17, 15) is 9.18 Å². The second-order valence-corrected chi connectivity index (χ2v) is 7.13. The Morgan fingerprint density at radius 3 is 2.46 bits per heavy atom. The number of hydrogen-bond donors (Lipinski definition) is 0. The number of halogens is 1. The molecule has 1 spiro atoms. The summed E-state index contributed by atoms with van der Waals surface area (Å²) in [5, 5.41) is 0. The van der Waals surface area contributed by atoms with Crippen molar-refractivity contribution in [1.29, 1.82) is 0 Å². The predicted octanol–water partition coefficient (Wildman–Crippen LogP) is 1.56. The van der Waals surface area contributed by atoms with Gasteiger partial charge in [-0.15, -0.1) is 0 Å². The molecular formula is C19H25FN2O4. The summed E-state index contributed by atoms with van der Waals surface area (Å²) in [6.07, 6.45) is 1.35. The average molecular weight is 364 g/mol. The highest BCUT2D eigenvalue weighted by atomic mass is 19.1. The molecule has 7 heteroatoms. The lowest BCUT2D eigenvalue weighted by Crippen LogP contribution is -2.51. The highest BCUT2D eigenvalue weighted by Gasteiger charge is 2.41. The van der Waals surface area contributed by atoms with Crippen LogP contribution in [0.2, 0.25) is 0 Å². The Kier molecular flexibility index (Phi) is 5.22. The van der Waals surface area contributed by atoms with E-state index in [1.807, 2.05) is 4.90 Å². The number of morpholine rings is 1. The van der Waals surface area contributed by atoms with E-state index in [1.165, 1.54) is 12.1 Å². The number of likely N-dealkylation sites (tertiary alicyclic amines) is 1. The minimum atomic E-state index is -0.455. The number of rotatable bonds is 3. The third-order valence-electron chi connectivity index (χ3n) is 5.44. The van der Waals surface area contributed by atoms with Crippen LogP contribution in [0.1, 0.15) is 24.5 Å². The molecule has 4 rings (SSSR count). The Balaban J connectivity index is 1.29. The zero-order chi connectivity index (χ0) is 18.0. The van der Waals surface area contributed by atoms with Gasteiger partial charge in [0.2, 0.25) is 5.91 Å². The number of amides is 1. The van der Waals surface area contributed by atoms with E-state index in [1.54, 1.807) is 12.1 Å². The van der Waals surface area contributed by atoms with Crippen molar-refractivity contribution >= 4 is 5.91 Å². The lowest BCUT2D eigenvalue weighted by atomic mass is 10.0. The fourth-order valence-electron chi connectivity index (χ4n) is 3.90. The van der Waals surface area contributed by atoms with Gasteiger partial charge in [-0.25, -0.2) is 4.39 Å². The molecule has 1 aromatic rings. The van der Waals surface area contributed by atoms with Crippen molar-refractivity contribution in [2.45, 2.75) is 24.7 Å². The molecule has 0 aromatic heterocycles. The standard InChI is InChI=1S/C19H25FN2O4/c20-16-3-1-15(2-4-16)17-13-21(9-10-24-17)14-18(23)22-7-5-19(6-8-22)25-11-12-26-19/h1-4,17H,5-14H2/t17-/m0/s1. The maximum Gasteiger partial charge on any atom is 0.236 e. The highest BCUT2D eigenvalue weighted by molar-refractivity contribution is 5.78. The average Bonchev–Trinajstić information content (AvgIpc) is 3.11. The van der Waals surface area contributed by atoms with Crippen molar-refractivity contribution in [1.82, 2.24) is 9.80 Å². The molecule has 3 aliphatic heterocycles. The number of hydrogen-bond acceptors (Lipinski definition) is 5. The van der Waals surface area contributed by atoms with E-state index < -0.39 is 5.79 Å². The molecule has 142 valence electrons. The van der Waals surface area contributed by atoms with Crippen molar-refractivity contribution in [3.05, 3.63) is 35.6 Å². The first-order valence-corrected chi connectivity index (χ1v) is 9.29. The number of nitrogens with zero attached hydrogens (tertiary/aromatic N) is 2. The number of piperidine rings is 1. The van der Waals surface area contributed by atoms with Crippen molar-refractivity contribution < 1.29 is 23.4 Å². The molecule has 3 saturated heterocycles. The second kappa shape index (κ2) is 7.60. The van der Waals surface area contributed by atoms with Crippen LogP contribution in [0.4, 0.5) is 4.39 Å². The number of carbonyl (C=O) groups is 1. The molecule has 3 fully saturated rings. The molecule has 1 aromatic carbocycles. The zero-order valence-electron chi connectivity index (χ0n) is 14.9. The van der Waals surface area contributed by atoms with E-state index >= 15 is 0 Å². The molecule has 0 aliphatic carbocycles. The Labute approximate surface area is 152 Å². The van der Waals surface area contributed by atoms with Crippen molar-refractivity contribution in [2.75, 3.05) is 52.5 Å². The van der Waals surface area contributed by atoms with Gasteiger partial charge in [0.15, 0.2) is 5.79 Å². The molecule has 0 saturated carbocycles. The quantitative estimate of drug-likeness (QED) is 0.815. The summed E-state index contributed by atoms with van der Waals surface area (Å²) < 4.78 is 30.3. The number of benzene rings is 1. The molecule has 3 aliphatic rings. The van der Waals surface area contributed by atoms with Gasteiger partial charge in [-0.05, 0) is 17.7 Å². The monoisotopic (exact) mass is 364 g/mol. The van der Waals surface area contributed by atoms with Crippen molar-refractivity contribution in [3.8, 4) is 0 Å². The van der Waals surface area contributed by atoms with Crippen LogP contribution in [0, 0.1) is 5.82 Å². The van der Waals surface area contributed by atoms with E-state index in [0.29, 0.717) is 46.0 Å². The van der Waals surface area contributed by atoms with Crippen molar-refractivity contribution in [2.24, 2.45) is 0 Å². The van der Waals surface area contributed by atoms with Crippen LogP contribution in [-0.4, -0.2) is 74.0 Å². The molecule has 0 radical (unpaired) electrons. The van der Waals surface area contributed by atoms with Gasteiger partial charge in [-0.2, -0.15) is 0 Å². The molecular weight excluding hydrogens is 339 g/mol. The van der Waals surface area contributed by atoms with Gasteiger partial charge < -0.3 is 19.1 Å². The van der Waals surface area contributed by atoms with E-state index in [0.717, 1.165) is 24.9 Å².